The molecule has 0 aliphatic carbocycles. The Morgan fingerprint density at radius 3 is 2.71 bits per heavy atom. The van der Waals surface area contributed by atoms with Gasteiger partial charge in [0.15, 0.2) is 0 Å². The Morgan fingerprint density at radius 1 is 1.43 bits per heavy atom. The van der Waals surface area contributed by atoms with Crippen molar-refractivity contribution in [1.29, 1.82) is 0 Å². The molecule has 4 nitrogen and oxygen atoms in total. The van der Waals surface area contributed by atoms with E-state index in [4.69, 9.17) is 5.73 Å². The fourth-order valence-electron chi connectivity index (χ4n) is 2.75. The molecule has 1 saturated heterocycles. The van der Waals surface area contributed by atoms with Gasteiger partial charge in [0.2, 0.25) is 5.91 Å². The van der Waals surface area contributed by atoms with Gasteiger partial charge in [-0.3, -0.25) is 9.69 Å². The van der Waals surface area contributed by atoms with Gasteiger partial charge in [-0.25, -0.2) is 0 Å². The Labute approximate surface area is 121 Å². The van der Waals surface area contributed by atoms with Crippen LogP contribution >= 0.6 is 0 Å². The maximum absolute atomic E-state index is 13.1. The molecule has 1 aromatic carbocycles. The van der Waals surface area contributed by atoms with Gasteiger partial charge in [0, 0.05) is 25.7 Å². The van der Waals surface area contributed by atoms with Crippen molar-refractivity contribution in [2.75, 3.05) is 19.6 Å². The number of carbonyl (C=O) groups excluding carboxylic acids is 1. The van der Waals surface area contributed by atoms with Crippen molar-refractivity contribution in [3.63, 3.8) is 0 Å². The minimum Gasteiger partial charge on any atom is -0.368 e. The third kappa shape index (κ3) is 3.36. The van der Waals surface area contributed by atoms with Gasteiger partial charge in [0.25, 0.3) is 0 Å². The number of rotatable bonds is 3. The summed E-state index contributed by atoms with van der Waals surface area (Å²) in [5.41, 5.74) is 4.85. The largest absolute Gasteiger partial charge is 0.416 e. The fourth-order valence-corrected chi connectivity index (χ4v) is 2.75. The van der Waals surface area contributed by atoms with Crippen LogP contribution in [0.4, 0.5) is 13.2 Å². The molecular weight excluding hydrogens is 283 g/mol. The molecule has 2 rings (SSSR count). The van der Waals surface area contributed by atoms with Crippen LogP contribution in [-0.2, 0) is 11.0 Å². The van der Waals surface area contributed by atoms with Crippen LogP contribution in [0.5, 0.6) is 0 Å². The highest BCUT2D eigenvalue weighted by molar-refractivity contribution is 5.80. The lowest BCUT2D eigenvalue weighted by Gasteiger charge is -2.39. The number of nitrogens with two attached hydrogens (primary N) is 1. The Bertz CT molecular complexity index is 518. The normalized spacial score (nSPS) is 22.0. The molecule has 116 valence electrons. The first kappa shape index (κ1) is 15.8. The first-order valence-corrected chi connectivity index (χ1v) is 6.74. The van der Waals surface area contributed by atoms with Gasteiger partial charge in [-0.15, -0.1) is 0 Å². The highest BCUT2D eigenvalue weighted by atomic mass is 19.4. The molecule has 0 saturated carbocycles. The predicted molar refractivity (Wildman–Crippen MR) is 72.4 cm³/mol. The van der Waals surface area contributed by atoms with E-state index in [1.807, 2.05) is 0 Å². The molecule has 0 bridgehead atoms. The maximum atomic E-state index is 13.1. The van der Waals surface area contributed by atoms with Crippen molar-refractivity contribution in [2.45, 2.75) is 25.2 Å². The fraction of sp³-hybridized carbons (Fsp3) is 0.500. The average Bonchev–Trinajstić information content (AvgIpc) is 2.45. The number of halogens is 3. The van der Waals surface area contributed by atoms with E-state index in [0.717, 1.165) is 6.07 Å². The topological polar surface area (TPSA) is 58.4 Å². The van der Waals surface area contributed by atoms with E-state index in [2.05, 4.69) is 5.32 Å². The molecule has 2 atom stereocenters. The minimum absolute atomic E-state index is 0.165. The molecular formula is C14H18F3N3O. The molecule has 0 radical (unpaired) electrons. The van der Waals surface area contributed by atoms with E-state index >= 15 is 0 Å². The van der Waals surface area contributed by atoms with Crippen molar-refractivity contribution in [2.24, 2.45) is 5.73 Å². The second-order valence-corrected chi connectivity index (χ2v) is 5.12. The van der Waals surface area contributed by atoms with Crippen LogP contribution in [0, 0.1) is 0 Å². The van der Waals surface area contributed by atoms with Crippen LogP contribution in [0.2, 0.25) is 0 Å². The van der Waals surface area contributed by atoms with Crippen molar-refractivity contribution >= 4 is 5.91 Å². The van der Waals surface area contributed by atoms with Crippen LogP contribution < -0.4 is 11.1 Å². The summed E-state index contributed by atoms with van der Waals surface area (Å²) in [6.07, 6.45) is -4.42. The SMILES string of the molecule is CC(c1ccccc1C(F)(F)F)N1CCNCC1C(N)=O. The number of primary amides is 1. The zero-order valence-electron chi connectivity index (χ0n) is 11.7. The molecule has 1 amide bonds. The van der Waals surface area contributed by atoms with E-state index in [9.17, 15) is 18.0 Å². The Kier molecular flexibility index (Phi) is 4.53. The van der Waals surface area contributed by atoms with Gasteiger partial charge in [-0.05, 0) is 18.6 Å². The lowest BCUT2D eigenvalue weighted by molar-refractivity contribution is -0.139. The van der Waals surface area contributed by atoms with Gasteiger partial charge in [0.1, 0.15) is 6.04 Å². The van der Waals surface area contributed by atoms with Crippen LogP contribution in [0.25, 0.3) is 0 Å². The van der Waals surface area contributed by atoms with Gasteiger partial charge >= 0.3 is 6.18 Å². The summed E-state index contributed by atoms with van der Waals surface area (Å²) >= 11 is 0. The number of piperazine rings is 1. The lowest BCUT2D eigenvalue weighted by atomic mass is 9.97. The average molecular weight is 301 g/mol. The number of amides is 1. The van der Waals surface area contributed by atoms with E-state index in [-0.39, 0.29) is 5.56 Å². The van der Waals surface area contributed by atoms with Crippen LogP contribution in [0.3, 0.4) is 0 Å². The van der Waals surface area contributed by atoms with Crippen molar-refractivity contribution < 1.29 is 18.0 Å². The first-order valence-electron chi connectivity index (χ1n) is 6.74. The lowest BCUT2D eigenvalue weighted by Crippen LogP contribution is -2.57. The number of benzene rings is 1. The van der Waals surface area contributed by atoms with Crippen molar-refractivity contribution in [3.8, 4) is 0 Å². The third-order valence-corrected chi connectivity index (χ3v) is 3.83. The monoisotopic (exact) mass is 301 g/mol. The predicted octanol–water partition coefficient (Wildman–Crippen LogP) is 1.53. The standard InChI is InChI=1S/C14H18F3N3O/c1-9(20-7-6-19-8-12(20)13(18)21)10-4-2-3-5-11(10)14(15,16)17/h2-5,9,12,19H,6-8H2,1H3,(H2,18,21). The molecule has 7 heteroatoms. The summed E-state index contributed by atoms with van der Waals surface area (Å²) in [7, 11) is 0. The molecule has 2 unspecified atom stereocenters. The van der Waals surface area contributed by atoms with Gasteiger partial charge in [-0.1, -0.05) is 18.2 Å². The number of hydrogen-bond acceptors (Lipinski definition) is 3. The van der Waals surface area contributed by atoms with E-state index in [0.29, 0.717) is 19.6 Å². The third-order valence-electron chi connectivity index (χ3n) is 3.83. The first-order chi connectivity index (χ1) is 9.82. The Balaban J connectivity index is 2.35. The second kappa shape index (κ2) is 6.03. The van der Waals surface area contributed by atoms with Crippen LogP contribution in [0.1, 0.15) is 24.1 Å². The van der Waals surface area contributed by atoms with Crippen LogP contribution in [-0.4, -0.2) is 36.5 Å². The second-order valence-electron chi connectivity index (χ2n) is 5.12. The highest BCUT2D eigenvalue weighted by Gasteiger charge is 2.37. The molecule has 1 aromatic rings. The van der Waals surface area contributed by atoms with Crippen molar-refractivity contribution in [1.82, 2.24) is 10.2 Å². The number of nitrogens with zero attached hydrogens (tertiary/aromatic N) is 1. The molecule has 21 heavy (non-hydrogen) atoms. The summed E-state index contributed by atoms with van der Waals surface area (Å²) < 4.78 is 39.3. The molecule has 1 fully saturated rings. The molecule has 0 aromatic heterocycles. The van der Waals surface area contributed by atoms with E-state index in [1.54, 1.807) is 17.9 Å². The maximum Gasteiger partial charge on any atom is 0.416 e. The summed E-state index contributed by atoms with van der Waals surface area (Å²) in [4.78, 5) is 13.2. The molecule has 3 N–H and O–H groups in total. The zero-order valence-corrected chi connectivity index (χ0v) is 11.7. The molecule has 1 aliphatic heterocycles. The van der Waals surface area contributed by atoms with E-state index in [1.165, 1.54) is 12.1 Å². The van der Waals surface area contributed by atoms with Gasteiger partial charge in [-0.2, -0.15) is 13.2 Å². The van der Waals surface area contributed by atoms with Crippen molar-refractivity contribution in [3.05, 3.63) is 35.4 Å². The number of hydrogen-bond donors (Lipinski definition) is 2. The van der Waals surface area contributed by atoms with Gasteiger partial charge in [0.05, 0.1) is 5.56 Å². The number of nitrogens with one attached hydrogen (secondary N) is 1. The zero-order chi connectivity index (χ0) is 15.6. The quantitative estimate of drug-likeness (QED) is 0.890. The minimum atomic E-state index is -4.42. The van der Waals surface area contributed by atoms with Crippen LogP contribution in [0.15, 0.2) is 24.3 Å². The summed E-state index contributed by atoms with van der Waals surface area (Å²) in [5, 5.41) is 3.03. The number of alkyl halides is 3. The summed E-state index contributed by atoms with van der Waals surface area (Å²) in [6, 6.07) is 4.31. The Hall–Kier alpha value is -1.60. The smallest absolute Gasteiger partial charge is 0.368 e. The van der Waals surface area contributed by atoms with Gasteiger partial charge < -0.3 is 11.1 Å². The molecule has 0 spiro atoms. The van der Waals surface area contributed by atoms with E-state index < -0.39 is 29.7 Å². The molecule has 1 aliphatic rings. The Morgan fingerprint density at radius 2 is 2.10 bits per heavy atom. The number of carbonyl (C=O) groups is 1. The molecule has 1 heterocycles. The summed E-state index contributed by atoms with van der Waals surface area (Å²) in [5.74, 6) is -0.529. The summed E-state index contributed by atoms with van der Waals surface area (Å²) in [6.45, 7) is 3.11. The highest BCUT2D eigenvalue weighted by Crippen LogP contribution is 2.36.